The smallest absolute Gasteiger partial charge is 0.415 e. The van der Waals surface area contributed by atoms with E-state index in [1.807, 2.05) is 0 Å². The largest absolute Gasteiger partial charge is 0.456 e. The second-order valence-corrected chi connectivity index (χ2v) is 9.30. The lowest BCUT2D eigenvalue weighted by atomic mass is 10.1. The van der Waals surface area contributed by atoms with Crippen LogP contribution in [0.25, 0.3) is 0 Å². The first-order valence-corrected chi connectivity index (χ1v) is 11.5. The van der Waals surface area contributed by atoms with Crippen molar-refractivity contribution in [3.05, 3.63) is 60.7 Å². The molecule has 11 heteroatoms. The van der Waals surface area contributed by atoms with E-state index in [1.54, 1.807) is 36.4 Å². The molecule has 0 aliphatic carbocycles. The van der Waals surface area contributed by atoms with Gasteiger partial charge < -0.3 is 25.4 Å². The number of hydrogen-bond donors (Lipinski definition) is 2. The summed E-state index contributed by atoms with van der Waals surface area (Å²) in [7, 11) is -4.55. The van der Waals surface area contributed by atoms with E-state index in [9.17, 15) is 18.5 Å². The fraction of sp³-hybridized carbons (Fsp3) is 0.333. The van der Waals surface area contributed by atoms with E-state index in [0.717, 1.165) is 4.90 Å². The Hall–Kier alpha value is -2.97. The number of amides is 2. The molecule has 2 aromatic rings. The molecular formula is C21H24F2N3O5P. The van der Waals surface area contributed by atoms with Gasteiger partial charge in [0.05, 0.1) is 12.6 Å². The summed E-state index contributed by atoms with van der Waals surface area (Å²) >= 11 is 0. The average Bonchev–Trinajstić information content (AvgIpc) is 3.07. The van der Waals surface area contributed by atoms with Gasteiger partial charge in [-0.05, 0) is 30.7 Å². The molecule has 4 N–H and O–H groups in total. The van der Waals surface area contributed by atoms with Crippen LogP contribution in [0.5, 0.6) is 11.5 Å². The van der Waals surface area contributed by atoms with Gasteiger partial charge in [-0.2, -0.15) is 0 Å². The third-order valence-corrected chi connectivity index (χ3v) is 7.04. The molecule has 0 aromatic heterocycles. The van der Waals surface area contributed by atoms with Crippen LogP contribution in [-0.4, -0.2) is 47.4 Å². The number of benzene rings is 2. The highest BCUT2D eigenvalue weighted by Gasteiger charge is 2.58. The van der Waals surface area contributed by atoms with E-state index >= 15 is 4.39 Å². The van der Waals surface area contributed by atoms with Gasteiger partial charge >= 0.3 is 7.60 Å². The Labute approximate surface area is 184 Å². The number of nitrogens with two attached hydrogens (primary N) is 2. The van der Waals surface area contributed by atoms with Crippen LogP contribution in [0.3, 0.4) is 0 Å². The van der Waals surface area contributed by atoms with E-state index in [1.165, 1.54) is 24.3 Å². The Bertz CT molecular complexity index is 936. The molecule has 172 valence electrons. The molecule has 0 radical (unpaired) electrons. The van der Waals surface area contributed by atoms with Crippen molar-refractivity contribution in [3.8, 4) is 11.5 Å². The van der Waals surface area contributed by atoms with Gasteiger partial charge in [0.15, 0.2) is 18.1 Å². The van der Waals surface area contributed by atoms with Crippen molar-refractivity contribution in [1.29, 1.82) is 0 Å². The van der Waals surface area contributed by atoms with Crippen molar-refractivity contribution in [2.75, 3.05) is 6.54 Å². The zero-order valence-electron chi connectivity index (χ0n) is 17.1. The molecule has 8 nitrogen and oxygen atoms in total. The molecule has 0 spiro atoms. The molecule has 0 unspecified atom stereocenters. The SMILES string of the molecule is NC(=O)CC[C@H](N)C(=O)N1C[C@H](F)[C@H](F)[C@@H]1P(=O)(Oc1ccccc1)Oc1ccccc1. The van der Waals surface area contributed by atoms with Crippen LogP contribution in [0, 0.1) is 0 Å². The van der Waals surface area contributed by atoms with E-state index in [0.29, 0.717) is 0 Å². The standard InChI is InChI=1S/C21H24F2N3O5P/c22-16-13-26(20(28)17(24)11-12-18(25)27)21(19(16)23)32(29,30-14-7-3-1-4-8-14)31-15-9-5-2-6-10-15/h1-10,16-17,19,21H,11-13,24H2,(H2,25,27)/t16-,17-,19-,21-/m0/s1. The second kappa shape index (κ2) is 10.1. The Morgan fingerprint density at radius 1 is 1.03 bits per heavy atom. The van der Waals surface area contributed by atoms with Crippen molar-refractivity contribution in [2.45, 2.75) is 37.0 Å². The number of carbonyl (C=O) groups is 2. The fourth-order valence-corrected chi connectivity index (χ4v) is 5.51. The maximum atomic E-state index is 15.1. The number of carbonyl (C=O) groups excluding carboxylic acids is 2. The molecule has 1 fully saturated rings. The minimum absolute atomic E-state index is 0.0895. The summed E-state index contributed by atoms with van der Waals surface area (Å²) < 4.78 is 54.6. The summed E-state index contributed by atoms with van der Waals surface area (Å²) in [5, 5.41) is 0. The van der Waals surface area contributed by atoms with Gasteiger partial charge in [-0.1, -0.05) is 36.4 Å². The van der Waals surface area contributed by atoms with Crippen LogP contribution in [0.4, 0.5) is 8.78 Å². The Kier molecular flexibility index (Phi) is 7.48. The zero-order valence-corrected chi connectivity index (χ0v) is 17.9. The topological polar surface area (TPSA) is 125 Å². The quantitative estimate of drug-likeness (QED) is 0.547. The molecule has 1 heterocycles. The van der Waals surface area contributed by atoms with Crippen LogP contribution in [0.1, 0.15) is 12.8 Å². The van der Waals surface area contributed by atoms with Crippen LogP contribution in [-0.2, 0) is 14.2 Å². The van der Waals surface area contributed by atoms with E-state index < -0.39 is 50.1 Å². The van der Waals surface area contributed by atoms with E-state index in [4.69, 9.17) is 20.5 Å². The number of para-hydroxylation sites is 2. The van der Waals surface area contributed by atoms with Crippen molar-refractivity contribution in [2.24, 2.45) is 11.5 Å². The van der Waals surface area contributed by atoms with Crippen molar-refractivity contribution >= 4 is 19.4 Å². The van der Waals surface area contributed by atoms with Crippen molar-refractivity contribution in [3.63, 3.8) is 0 Å². The van der Waals surface area contributed by atoms with Crippen LogP contribution < -0.4 is 20.5 Å². The summed E-state index contributed by atoms with van der Waals surface area (Å²) in [5.74, 6) is -3.26. The van der Waals surface area contributed by atoms with Gasteiger partial charge in [-0.25, -0.2) is 13.3 Å². The third-order valence-electron chi connectivity index (χ3n) is 4.90. The Balaban J connectivity index is 1.96. The number of primary amides is 1. The fourth-order valence-electron chi connectivity index (χ4n) is 3.34. The lowest BCUT2D eigenvalue weighted by molar-refractivity contribution is -0.133. The predicted molar refractivity (Wildman–Crippen MR) is 113 cm³/mol. The molecular weight excluding hydrogens is 443 g/mol. The first kappa shape index (κ1) is 23.7. The molecule has 2 aromatic carbocycles. The minimum atomic E-state index is -4.55. The Morgan fingerprint density at radius 3 is 2.00 bits per heavy atom. The maximum Gasteiger partial charge on any atom is 0.456 e. The van der Waals surface area contributed by atoms with Crippen molar-refractivity contribution < 1.29 is 32.0 Å². The first-order chi connectivity index (χ1) is 15.2. The maximum absolute atomic E-state index is 15.1. The average molecular weight is 467 g/mol. The number of rotatable bonds is 9. The summed E-state index contributed by atoms with van der Waals surface area (Å²) in [6, 6.07) is 14.4. The van der Waals surface area contributed by atoms with E-state index in [2.05, 4.69) is 0 Å². The van der Waals surface area contributed by atoms with Crippen LogP contribution >= 0.6 is 7.60 Å². The summed E-state index contributed by atoms with van der Waals surface area (Å²) in [5.41, 5.74) is 10.9. The number of nitrogens with zero attached hydrogens (tertiary/aromatic N) is 1. The highest BCUT2D eigenvalue weighted by Crippen LogP contribution is 2.58. The molecule has 1 aliphatic heterocycles. The van der Waals surface area contributed by atoms with Gasteiger partial charge in [0.25, 0.3) is 0 Å². The molecule has 4 atom stereocenters. The lowest BCUT2D eigenvalue weighted by Gasteiger charge is -2.32. The molecule has 3 rings (SSSR count). The van der Waals surface area contributed by atoms with Crippen molar-refractivity contribution in [1.82, 2.24) is 4.90 Å². The minimum Gasteiger partial charge on any atom is -0.415 e. The predicted octanol–water partition coefficient (Wildman–Crippen LogP) is 2.77. The Morgan fingerprint density at radius 2 is 1.53 bits per heavy atom. The monoisotopic (exact) mass is 467 g/mol. The highest BCUT2D eigenvalue weighted by atomic mass is 31.2. The summed E-state index contributed by atoms with van der Waals surface area (Å²) in [6.45, 7) is -0.685. The number of alkyl halides is 2. The lowest BCUT2D eigenvalue weighted by Crippen LogP contribution is -2.48. The van der Waals surface area contributed by atoms with Gasteiger partial charge in [-0.3, -0.25) is 9.59 Å². The van der Waals surface area contributed by atoms with E-state index in [-0.39, 0.29) is 24.3 Å². The molecule has 1 saturated heterocycles. The van der Waals surface area contributed by atoms with Gasteiger partial charge in [0.1, 0.15) is 11.5 Å². The number of halogens is 2. The number of likely N-dealkylation sites (tertiary alicyclic amines) is 1. The molecule has 1 aliphatic rings. The third kappa shape index (κ3) is 5.44. The van der Waals surface area contributed by atoms with Crippen LogP contribution in [0.15, 0.2) is 60.7 Å². The number of hydrogen-bond acceptors (Lipinski definition) is 6. The second-order valence-electron chi connectivity index (χ2n) is 7.32. The summed E-state index contributed by atoms with van der Waals surface area (Å²) in [6.07, 6.45) is -4.79. The molecule has 2 amide bonds. The van der Waals surface area contributed by atoms with Gasteiger partial charge in [0, 0.05) is 6.42 Å². The normalized spacial score (nSPS) is 21.7. The van der Waals surface area contributed by atoms with Gasteiger partial charge in [-0.15, -0.1) is 0 Å². The molecule has 0 bridgehead atoms. The molecule has 32 heavy (non-hydrogen) atoms. The van der Waals surface area contributed by atoms with Gasteiger partial charge in [0.2, 0.25) is 11.8 Å². The summed E-state index contributed by atoms with van der Waals surface area (Å²) in [4.78, 5) is 24.7. The highest BCUT2D eigenvalue weighted by molar-refractivity contribution is 7.55. The first-order valence-electron chi connectivity index (χ1n) is 9.93. The zero-order chi connectivity index (χ0) is 23.3. The molecule has 0 saturated carbocycles. The van der Waals surface area contributed by atoms with Crippen LogP contribution in [0.2, 0.25) is 0 Å².